The summed E-state index contributed by atoms with van der Waals surface area (Å²) < 4.78 is 0. The first kappa shape index (κ1) is 25.1. The zero-order chi connectivity index (χ0) is 28.5. The molecule has 9 heteroatoms. The zero-order valence-electron chi connectivity index (χ0n) is 21.8. The molecule has 0 saturated carbocycles. The molecule has 1 fully saturated rings. The monoisotopic (exact) mass is 561 g/mol. The highest BCUT2D eigenvalue weighted by Gasteiger charge is 2.70. The van der Waals surface area contributed by atoms with E-state index in [-0.39, 0.29) is 28.7 Å². The Morgan fingerprint density at radius 3 is 2.41 bits per heavy atom. The second-order valence-corrected chi connectivity index (χ2v) is 11.5. The van der Waals surface area contributed by atoms with E-state index in [0.29, 0.717) is 16.1 Å². The Labute approximate surface area is 239 Å². The van der Waals surface area contributed by atoms with Crippen LogP contribution in [0.25, 0.3) is 5.57 Å². The van der Waals surface area contributed by atoms with Crippen LogP contribution in [0.2, 0.25) is 0 Å². The number of rotatable bonds is 5. The molecule has 202 valence electrons. The first-order valence-corrected chi connectivity index (χ1v) is 14.1. The molecule has 4 atom stereocenters. The third-order valence-electron chi connectivity index (χ3n) is 8.56. The summed E-state index contributed by atoms with van der Waals surface area (Å²) >= 11 is 1.28. The fourth-order valence-corrected chi connectivity index (χ4v) is 7.58. The number of nitrogens with zero attached hydrogens (tertiary/aromatic N) is 2. The van der Waals surface area contributed by atoms with Gasteiger partial charge < -0.3 is 10.2 Å². The third kappa shape index (κ3) is 3.42. The number of non-ortho nitro benzene ring substituents is 1. The molecule has 7 rings (SSSR count). The van der Waals surface area contributed by atoms with Crippen molar-refractivity contribution < 1.29 is 19.3 Å². The first-order valence-electron chi connectivity index (χ1n) is 13.2. The van der Waals surface area contributed by atoms with Crippen LogP contribution < -0.4 is 10.2 Å². The van der Waals surface area contributed by atoms with Crippen LogP contribution in [0.1, 0.15) is 38.1 Å². The molecule has 1 spiro atoms. The molecule has 1 amide bonds. The molecule has 3 aliphatic rings. The van der Waals surface area contributed by atoms with Gasteiger partial charge in [0, 0.05) is 34.6 Å². The second-order valence-electron chi connectivity index (χ2n) is 10.5. The van der Waals surface area contributed by atoms with Crippen LogP contribution in [0, 0.1) is 16.0 Å². The van der Waals surface area contributed by atoms with Gasteiger partial charge in [-0.15, -0.1) is 11.3 Å². The number of Topliss-reactive ketones (excluding diaryl/α,β-unsaturated/α-hetero) is 2. The van der Waals surface area contributed by atoms with Crippen molar-refractivity contribution in [2.45, 2.75) is 24.4 Å². The summed E-state index contributed by atoms with van der Waals surface area (Å²) in [5.74, 6) is -2.07. The summed E-state index contributed by atoms with van der Waals surface area (Å²) in [5.41, 5.74) is 2.62. The van der Waals surface area contributed by atoms with E-state index < -0.39 is 28.3 Å². The summed E-state index contributed by atoms with van der Waals surface area (Å²) in [6.45, 7) is 1.98. The van der Waals surface area contributed by atoms with Crippen LogP contribution in [-0.4, -0.2) is 34.5 Å². The maximum absolute atomic E-state index is 14.6. The molecule has 1 N–H and O–H groups in total. The maximum Gasteiger partial charge on any atom is 0.269 e. The summed E-state index contributed by atoms with van der Waals surface area (Å²) in [6, 6.07) is 22.3. The fraction of sp³-hybridized carbons (Fsp3) is 0.156. The average Bonchev–Trinajstić information content (AvgIpc) is 3.70. The van der Waals surface area contributed by atoms with Crippen LogP contribution in [0.15, 0.2) is 96.4 Å². The SMILES string of the molecule is CC1=C[C@@H]2N(c3ccccc31)[C@H](C(=O)c1ccc([N+](=O)[O-])cc1)[C@H](C(=O)c1cccs1)[C@]21C(=O)Nc2ccccc21. The number of ketones is 2. The number of carbonyl (C=O) groups is 3. The Morgan fingerprint density at radius 1 is 0.951 bits per heavy atom. The first-order chi connectivity index (χ1) is 19.8. The molecule has 0 radical (unpaired) electrons. The van der Waals surface area contributed by atoms with Gasteiger partial charge in [0.1, 0.15) is 11.5 Å². The van der Waals surface area contributed by atoms with Crippen molar-refractivity contribution in [3.63, 3.8) is 0 Å². The number of fused-ring (bicyclic) bond motifs is 6. The summed E-state index contributed by atoms with van der Waals surface area (Å²) in [5, 5.41) is 16.1. The van der Waals surface area contributed by atoms with E-state index in [2.05, 4.69) is 5.32 Å². The average molecular weight is 562 g/mol. The molecule has 1 aromatic heterocycles. The van der Waals surface area contributed by atoms with E-state index >= 15 is 0 Å². The number of hydrogen-bond acceptors (Lipinski definition) is 7. The lowest BCUT2D eigenvalue weighted by atomic mass is 9.64. The molecule has 4 heterocycles. The minimum atomic E-state index is -1.40. The molecular formula is C32H23N3O5S. The van der Waals surface area contributed by atoms with E-state index in [4.69, 9.17) is 0 Å². The number of nitrogens with one attached hydrogen (secondary N) is 1. The fourth-order valence-electron chi connectivity index (χ4n) is 6.88. The van der Waals surface area contributed by atoms with E-state index in [1.807, 2.05) is 66.4 Å². The molecule has 0 aliphatic carbocycles. The molecule has 0 bridgehead atoms. The number of nitro groups is 1. The Bertz CT molecular complexity index is 1800. The quantitative estimate of drug-likeness (QED) is 0.185. The number of nitro benzene ring substituents is 1. The molecule has 8 nitrogen and oxygen atoms in total. The highest BCUT2D eigenvalue weighted by molar-refractivity contribution is 7.12. The van der Waals surface area contributed by atoms with Crippen molar-refractivity contribution in [2.75, 3.05) is 10.2 Å². The van der Waals surface area contributed by atoms with Gasteiger partial charge in [0.2, 0.25) is 5.91 Å². The smallest absolute Gasteiger partial charge is 0.269 e. The van der Waals surface area contributed by atoms with E-state index in [9.17, 15) is 24.5 Å². The normalized spacial score (nSPS) is 23.8. The number of anilines is 2. The predicted molar refractivity (Wildman–Crippen MR) is 156 cm³/mol. The number of amides is 1. The maximum atomic E-state index is 14.6. The highest BCUT2D eigenvalue weighted by Crippen LogP contribution is 2.59. The van der Waals surface area contributed by atoms with Crippen molar-refractivity contribution >= 4 is 51.4 Å². The van der Waals surface area contributed by atoms with Crippen molar-refractivity contribution in [3.8, 4) is 0 Å². The Morgan fingerprint density at radius 2 is 1.68 bits per heavy atom. The van der Waals surface area contributed by atoms with Crippen molar-refractivity contribution in [1.29, 1.82) is 0 Å². The lowest BCUT2D eigenvalue weighted by Crippen LogP contribution is -2.51. The van der Waals surface area contributed by atoms with Gasteiger partial charge in [0.05, 0.1) is 21.8 Å². The van der Waals surface area contributed by atoms with Crippen LogP contribution >= 0.6 is 11.3 Å². The van der Waals surface area contributed by atoms with Gasteiger partial charge >= 0.3 is 0 Å². The van der Waals surface area contributed by atoms with Crippen molar-refractivity contribution in [3.05, 3.63) is 128 Å². The molecule has 1 saturated heterocycles. The summed E-state index contributed by atoms with van der Waals surface area (Å²) in [7, 11) is 0. The topological polar surface area (TPSA) is 110 Å². The van der Waals surface area contributed by atoms with Crippen LogP contribution in [-0.2, 0) is 10.2 Å². The van der Waals surface area contributed by atoms with E-state index in [1.54, 1.807) is 17.5 Å². The van der Waals surface area contributed by atoms with Gasteiger partial charge in [-0.25, -0.2) is 0 Å². The van der Waals surface area contributed by atoms with E-state index in [1.165, 1.54) is 35.6 Å². The number of hydrogen-bond donors (Lipinski definition) is 1. The minimum Gasteiger partial charge on any atom is -0.352 e. The van der Waals surface area contributed by atoms with Crippen LogP contribution in [0.5, 0.6) is 0 Å². The summed E-state index contributed by atoms with van der Waals surface area (Å²) in [6.07, 6.45) is 2.00. The number of carbonyl (C=O) groups excluding carboxylic acids is 3. The van der Waals surface area contributed by atoms with Gasteiger partial charge in [-0.05, 0) is 53.8 Å². The van der Waals surface area contributed by atoms with Crippen LogP contribution in [0.3, 0.4) is 0 Å². The van der Waals surface area contributed by atoms with E-state index in [0.717, 1.165) is 16.8 Å². The van der Waals surface area contributed by atoms with Gasteiger partial charge in [0.25, 0.3) is 5.69 Å². The Balaban J connectivity index is 1.53. The van der Waals surface area contributed by atoms with Crippen molar-refractivity contribution in [1.82, 2.24) is 0 Å². The molecule has 3 aromatic carbocycles. The van der Waals surface area contributed by atoms with Crippen molar-refractivity contribution in [2.24, 2.45) is 5.92 Å². The third-order valence-corrected chi connectivity index (χ3v) is 9.45. The molecule has 0 unspecified atom stereocenters. The molecule has 4 aromatic rings. The lowest BCUT2D eigenvalue weighted by Gasteiger charge is -2.39. The Kier molecular flexibility index (Phi) is 5.55. The van der Waals surface area contributed by atoms with Gasteiger partial charge in [0.15, 0.2) is 11.6 Å². The lowest BCUT2D eigenvalue weighted by molar-refractivity contribution is -0.384. The van der Waals surface area contributed by atoms with Gasteiger partial charge in [-0.3, -0.25) is 24.5 Å². The zero-order valence-corrected chi connectivity index (χ0v) is 22.6. The number of benzene rings is 3. The number of allylic oxidation sites excluding steroid dienone is 1. The number of para-hydroxylation sites is 2. The minimum absolute atomic E-state index is 0.139. The highest BCUT2D eigenvalue weighted by atomic mass is 32.1. The molecular weight excluding hydrogens is 538 g/mol. The second kappa shape index (κ2) is 9.07. The number of thiophene rings is 1. The standard InChI is InChI=1S/C32H23N3O5S/c1-18-17-26-32(22-8-3-4-9-23(22)33-31(32)38)27(30(37)25-11-6-16-41-25)28(34(26)24-10-5-2-7-21(18)24)29(36)19-12-14-20(15-13-19)35(39)40/h2-17,26-28H,1H3,(H,33,38)/t26-,27+,28-,32+/m0/s1. The summed E-state index contributed by atoms with van der Waals surface area (Å²) in [4.78, 5) is 56.7. The van der Waals surface area contributed by atoms with Crippen LogP contribution in [0.4, 0.5) is 17.1 Å². The van der Waals surface area contributed by atoms with Gasteiger partial charge in [-0.1, -0.05) is 48.5 Å². The van der Waals surface area contributed by atoms with Gasteiger partial charge in [-0.2, -0.15) is 0 Å². The molecule has 3 aliphatic heterocycles. The largest absolute Gasteiger partial charge is 0.352 e. The Hall–Kier alpha value is -4.89. The predicted octanol–water partition coefficient (Wildman–Crippen LogP) is 5.90. The molecule has 41 heavy (non-hydrogen) atoms.